The van der Waals surface area contributed by atoms with Crippen LogP contribution in [0.15, 0.2) is 35.5 Å². The summed E-state index contributed by atoms with van der Waals surface area (Å²) in [4.78, 5) is 11.9. The topological polar surface area (TPSA) is 50.4 Å². The maximum absolute atomic E-state index is 11.9. The third kappa shape index (κ3) is 2.88. The third-order valence-electron chi connectivity index (χ3n) is 2.88. The predicted octanol–water partition coefficient (Wildman–Crippen LogP) is 2.31. The van der Waals surface area contributed by atoms with Crippen molar-refractivity contribution in [2.24, 2.45) is 0 Å². The largest absolute Gasteiger partial charge is 0.466 e. The molecule has 1 aromatic rings. The van der Waals surface area contributed by atoms with Crippen LogP contribution in [0.5, 0.6) is 0 Å². The van der Waals surface area contributed by atoms with Gasteiger partial charge in [-0.05, 0) is 36.8 Å². The van der Waals surface area contributed by atoms with Gasteiger partial charge in [0.1, 0.15) is 0 Å². The smallest absolute Gasteiger partial charge is 0.337 e. The number of carbonyl (C=O) groups is 1. The lowest BCUT2D eigenvalue weighted by Gasteiger charge is -2.29. The Morgan fingerprint density at radius 2 is 2.00 bits per heavy atom. The van der Waals surface area contributed by atoms with E-state index in [2.05, 4.69) is 10.6 Å². The second kappa shape index (κ2) is 5.59. The predicted molar refractivity (Wildman–Crippen MR) is 77.8 cm³/mol. The second-order valence-electron chi connectivity index (χ2n) is 4.11. The summed E-state index contributed by atoms with van der Waals surface area (Å²) < 4.78 is 4.82. The molecule has 2 N–H and O–H groups in total. The number of hydrogen-bond acceptors (Lipinski definition) is 3. The lowest BCUT2D eigenvalue weighted by atomic mass is 9.96. The van der Waals surface area contributed by atoms with Gasteiger partial charge in [0.05, 0.1) is 18.7 Å². The number of hydrogen-bond donors (Lipinski definition) is 2. The standard InChI is InChI=1S/C13H13ClN2O2S/c1-7-10(12(17)18-2)11(16-13(19)15-7)8-3-5-9(14)6-4-8/h3-6,11H,1-2H3,(H2,15,16,19)/t11-/m0/s1. The molecule has 0 radical (unpaired) electrons. The summed E-state index contributed by atoms with van der Waals surface area (Å²) in [7, 11) is 1.36. The Hall–Kier alpha value is -1.59. The van der Waals surface area contributed by atoms with Crippen molar-refractivity contribution in [1.82, 2.24) is 10.6 Å². The molecular formula is C13H13ClN2O2S. The minimum Gasteiger partial charge on any atom is -0.466 e. The molecule has 0 aromatic heterocycles. The third-order valence-corrected chi connectivity index (χ3v) is 3.35. The van der Waals surface area contributed by atoms with Crippen LogP contribution in [0.2, 0.25) is 5.02 Å². The fourth-order valence-electron chi connectivity index (χ4n) is 1.98. The summed E-state index contributed by atoms with van der Waals surface area (Å²) in [5.74, 6) is -0.389. The van der Waals surface area contributed by atoms with Gasteiger partial charge in [-0.2, -0.15) is 0 Å². The van der Waals surface area contributed by atoms with Crippen molar-refractivity contribution >= 4 is 34.9 Å². The van der Waals surface area contributed by atoms with E-state index in [0.29, 0.717) is 21.4 Å². The van der Waals surface area contributed by atoms with Gasteiger partial charge in [-0.3, -0.25) is 0 Å². The number of ether oxygens (including phenoxy) is 1. The minimum absolute atomic E-state index is 0.335. The van der Waals surface area contributed by atoms with E-state index in [-0.39, 0.29) is 12.0 Å². The second-order valence-corrected chi connectivity index (χ2v) is 4.96. The molecule has 0 spiro atoms. The van der Waals surface area contributed by atoms with Gasteiger partial charge < -0.3 is 15.4 Å². The van der Waals surface area contributed by atoms with Crippen molar-refractivity contribution in [3.05, 3.63) is 46.1 Å². The molecule has 6 heteroatoms. The lowest BCUT2D eigenvalue weighted by molar-refractivity contribution is -0.136. The zero-order valence-corrected chi connectivity index (χ0v) is 12.1. The van der Waals surface area contributed by atoms with Gasteiger partial charge in [-0.25, -0.2) is 4.79 Å². The number of benzene rings is 1. The van der Waals surface area contributed by atoms with Gasteiger partial charge in [0.2, 0.25) is 0 Å². The first kappa shape index (κ1) is 13.8. The first-order chi connectivity index (χ1) is 9.02. The van der Waals surface area contributed by atoms with Crippen LogP contribution in [0.1, 0.15) is 18.5 Å². The van der Waals surface area contributed by atoms with Gasteiger partial charge in [0.15, 0.2) is 5.11 Å². The highest BCUT2D eigenvalue weighted by Crippen LogP contribution is 2.28. The normalized spacial score (nSPS) is 18.7. The average Bonchev–Trinajstić information content (AvgIpc) is 2.38. The fourth-order valence-corrected chi connectivity index (χ4v) is 2.38. The quantitative estimate of drug-likeness (QED) is 0.648. The molecule has 1 heterocycles. The Balaban J connectivity index is 2.46. The highest BCUT2D eigenvalue weighted by Gasteiger charge is 2.30. The zero-order valence-electron chi connectivity index (χ0n) is 10.5. The van der Waals surface area contributed by atoms with Crippen LogP contribution in [0.3, 0.4) is 0 Å². The molecular weight excluding hydrogens is 284 g/mol. The molecule has 0 fully saturated rings. The Bertz CT molecular complexity index is 554. The molecule has 1 aliphatic rings. The van der Waals surface area contributed by atoms with Crippen molar-refractivity contribution in [3.8, 4) is 0 Å². The van der Waals surface area contributed by atoms with E-state index in [9.17, 15) is 4.79 Å². The number of halogens is 1. The molecule has 0 amide bonds. The van der Waals surface area contributed by atoms with Crippen molar-refractivity contribution in [3.63, 3.8) is 0 Å². The van der Waals surface area contributed by atoms with Crippen LogP contribution in [0.4, 0.5) is 0 Å². The van der Waals surface area contributed by atoms with Gasteiger partial charge in [-0.1, -0.05) is 23.7 Å². The van der Waals surface area contributed by atoms with Gasteiger partial charge in [0, 0.05) is 10.7 Å². The van der Waals surface area contributed by atoms with E-state index < -0.39 is 0 Å². The molecule has 0 bridgehead atoms. The molecule has 1 aliphatic heterocycles. The van der Waals surface area contributed by atoms with Crippen molar-refractivity contribution in [2.45, 2.75) is 13.0 Å². The summed E-state index contributed by atoms with van der Waals surface area (Å²) in [5, 5.41) is 7.11. The Labute approximate surface area is 121 Å². The highest BCUT2D eigenvalue weighted by atomic mass is 35.5. The molecule has 100 valence electrons. The van der Waals surface area contributed by atoms with Crippen molar-refractivity contribution in [1.29, 1.82) is 0 Å². The van der Waals surface area contributed by atoms with Crippen LogP contribution in [-0.2, 0) is 9.53 Å². The summed E-state index contributed by atoms with van der Waals surface area (Å²) >= 11 is 11.0. The first-order valence-corrected chi connectivity index (χ1v) is 6.43. The number of carbonyl (C=O) groups excluding carboxylic acids is 1. The number of nitrogens with one attached hydrogen (secondary N) is 2. The minimum atomic E-state index is -0.389. The van der Waals surface area contributed by atoms with Crippen LogP contribution < -0.4 is 10.6 Å². The molecule has 2 rings (SSSR count). The van der Waals surface area contributed by atoms with Crippen LogP contribution in [0, 0.1) is 0 Å². The first-order valence-electron chi connectivity index (χ1n) is 5.65. The SMILES string of the molecule is COC(=O)C1=C(C)NC(=S)N[C@H]1c1ccc(Cl)cc1. The number of methoxy groups -OCH3 is 1. The molecule has 0 saturated heterocycles. The van der Waals surface area contributed by atoms with E-state index in [1.807, 2.05) is 12.1 Å². The fraction of sp³-hybridized carbons (Fsp3) is 0.231. The molecule has 0 saturated carbocycles. The Kier molecular flexibility index (Phi) is 4.07. The Morgan fingerprint density at radius 1 is 1.37 bits per heavy atom. The average molecular weight is 297 g/mol. The maximum atomic E-state index is 11.9. The van der Waals surface area contributed by atoms with E-state index in [4.69, 9.17) is 28.6 Å². The summed E-state index contributed by atoms with van der Waals surface area (Å²) in [6, 6.07) is 6.91. The van der Waals surface area contributed by atoms with E-state index in [1.165, 1.54) is 7.11 Å². The van der Waals surface area contributed by atoms with E-state index in [1.54, 1.807) is 19.1 Å². The number of esters is 1. The van der Waals surface area contributed by atoms with Crippen molar-refractivity contribution < 1.29 is 9.53 Å². The van der Waals surface area contributed by atoms with Gasteiger partial charge in [0.25, 0.3) is 0 Å². The molecule has 0 aliphatic carbocycles. The van der Waals surface area contributed by atoms with Crippen LogP contribution >= 0.6 is 23.8 Å². The zero-order chi connectivity index (χ0) is 14.0. The molecule has 1 aromatic carbocycles. The highest BCUT2D eigenvalue weighted by molar-refractivity contribution is 7.80. The molecule has 1 atom stereocenters. The molecule has 19 heavy (non-hydrogen) atoms. The lowest BCUT2D eigenvalue weighted by Crippen LogP contribution is -2.45. The van der Waals surface area contributed by atoms with E-state index in [0.717, 1.165) is 5.56 Å². The monoisotopic (exact) mass is 296 g/mol. The number of rotatable bonds is 2. The summed E-state index contributed by atoms with van der Waals surface area (Å²) in [6.07, 6.45) is 0. The number of thiocarbonyl (C=S) groups is 1. The maximum Gasteiger partial charge on any atom is 0.337 e. The molecule has 4 nitrogen and oxygen atoms in total. The number of allylic oxidation sites excluding steroid dienone is 1. The molecule has 0 unspecified atom stereocenters. The Morgan fingerprint density at radius 3 is 2.58 bits per heavy atom. The summed E-state index contributed by atoms with van der Waals surface area (Å²) in [6.45, 7) is 1.79. The van der Waals surface area contributed by atoms with Gasteiger partial charge in [-0.15, -0.1) is 0 Å². The summed E-state index contributed by atoms with van der Waals surface area (Å²) in [5.41, 5.74) is 2.10. The van der Waals surface area contributed by atoms with Gasteiger partial charge >= 0.3 is 5.97 Å². The van der Waals surface area contributed by atoms with E-state index >= 15 is 0 Å². The van der Waals surface area contributed by atoms with Crippen molar-refractivity contribution in [2.75, 3.05) is 7.11 Å². The van der Waals surface area contributed by atoms with Crippen LogP contribution in [-0.4, -0.2) is 18.2 Å². The van der Waals surface area contributed by atoms with Crippen LogP contribution in [0.25, 0.3) is 0 Å².